The molecule has 0 fully saturated rings. The Morgan fingerprint density at radius 2 is 1.25 bits per heavy atom. The van der Waals surface area contributed by atoms with Crippen molar-refractivity contribution in [3.05, 3.63) is 0 Å². The van der Waals surface area contributed by atoms with E-state index in [1.54, 1.807) is 23.5 Å². The van der Waals surface area contributed by atoms with Gasteiger partial charge in [-0.15, -0.1) is 0 Å². The fourth-order valence-corrected chi connectivity index (χ4v) is 2.14. The molecule has 0 aliphatic heterocycles. The maximum atomic E-state index is 3.11. The molecule has 0 unspecified atom stereocenters. The molecule has 0 heterocycles. The Bertz CT molecular complexity index is 119. The number of hydrogen-bond acceptors (Lipinski definition) is 2. The zero-order valence-electron chi connectivity index (χ0n) is 8.06. The summed E-state index contributed by atoms with van der Waals surface area (Å²) in [5, 5.41) is 6.22. The number of hydrogen-bond donors (Lipinski definition) is 0. The van der Waals surface area contributed by atoms with Crippen molar-refractivity contribution in [2.45, 2.75) is 39.5 Å². The predicted molar refractivity (Wildman–Crippen MR) is 62.5 cm³/mol. The molecule has 0 aromatic rings. The van der Waals surface area contributed by atoms with Gasteiger partial charge in [-0.3, -0.25) is 0 Å². The largest absolute Gasteiger partial charge is 0.0742 e. The highest BCUT2D eigenvalue weighted by Crippen LogP contribution is 2.05. The van der Waals surface area contributed by atoms with Crippen molar-refractivity contribution in [3.8, 4) is 10.5 Å². The molecule has 0 aromatic carbocycles. The maximum absolute atomic E-state index is 3.11. The molecule has 0 radical (unpaired) electrons. The molecule has 0 bridgehead atoms. The van der Waals surface area contributed by atoms with Crippen LogP contribution in [0.4, 0.5) is 0 Å². The molecule has 0 rings (SSSR count). The van der Waals surface area contributed by atoms with Crippen LogP contribution in [-0.2, 0) is 0 Å². The zero-order chi connectivity index (χ0) is 9.07. The molecule has 0 atom stereocenters. The summed E-state index contributed by atoms with van der Waals surface area (Å²) in [4.78, 5) is 0. The van der Waals surface area contributed by atoms with Crippen LogP contribution >= 0.6 is 23.5 Å². The number of thioether (sulfide) groups is 2. The fraction of sp³-hybridized carbons (Fsp3) is 0.800. The minimum atomic E-state index is 1.19. The highest BCUT2D eigenvalue weighted by molar-refractivity contribution is 8.07. The number of unbranched alkanes of at least 4 members (excludes halogenated alkanes) is 2. The third kappa shape index (κ3) is 10.3. The molecular weight excluding hydrogens is 184 g/mol. The summed E-state index contributed by atoms with van der Waals surface area (Å²) in [6.07, 6.45) is 5.13. The van der Waals surface area contributed by atoms with Crippen molar-refractivity contribution in [3.63, 3.8) is 0 Å². The summed E-state index contributed by atoms with van der Waals surface area (Å²) >= 11 is 3.51. The van der Waals surface area contributed by atoms with Crippen molar-refractivity contribution in [2.24, 2.45) is 0 Å². The molecule has 0 nitrogen and oxygen atoms in total. The van der Waals surface area contributed by atoms with E-state index in [1.165, 1.54) is 37.2 Å². The van der Waals surface area contributed by atoms with Crippen molar-refractivity contribution < 1.29 is 0 Å². The molecule has 0 amide bonds. The lowest BCUT2D eigenvalue weighted by Gasteiger charge is -1.89. The van der Waals surface area contributed by atoms with Crippen LogP contribution in [0.15, 0.2) is 0 Å². The second-order valence-corrected chi connectivity index (χ2v) is 4.41. The van der Waals surface area contributed by atoms with Crippen molar-refractivity contribution in [2.75, 3.05) is 11.5 Å². The lowest BCUT2D eigenvalue weighted by molar-refractivity contribution is 0.898. The number of rotatable bonds is 6. The van der Waals surface area contributed by atoms with Gasteiger partial charge < -0.3 is 0 Å². The Kier molecular flexibility index (Phi) is 11.5. The second-order valence-electron chi connectivity index (χ2n) is 2.61. The van der Waals surface area contributed by atoms with Crippen LogP contribution < -0.4 is 0 Å². The van der Waals surface area contributed by atoms with E-state index in [0.717, 1.165) is 0 Å². The molecule has 12 heavy (non-hydrogen) atoms. The van der Waals surface area contributed by atoms with Gasteiger partial charge >= 0.3 is 0 Å². The van der Waals surface area contributed by atoms with Crippen LogP contribution in [0.5, 0.6) is 0 Å². The summed E-state index contributed by atoms with van der Waals surface area (Å²) in [5.41, 5.74) is 0. The first-order valence-electron chi connectivity index (χ1n) is 4.65. The van der Waals surface area contributed by atoms with Crippen LogP contribution in [0, 0.1) is 10.5 Å². The smallest absolute Gasteiger partial charge is 0.00568 e. The molecule has 0 aliphatic carbocycles. The molecule has 0 N–H and O–H groups in total. The standard InChI is InChI=1S/C10H18S2/c1-3-5-7-11-9-10-12-8-6-4-2/h3-8H2,1-2H3. The van der Waals surface area contributed by atoms with E-state index in [9.17, 15) is 0 Å². The fourth-order valence-electron chi connectivity index (χ4n) is 0.594. The molecule has 0 aliphatic rings. The van der Waals surface area contributed by atoms with Gasteiger partial charge in [-0.2, -0.15) is 0 Å². The summed E-state index contributed by atoms with van der Waals surface area (Å²) < 4.78 is 0. The van der Waals surface area contributed by atoms with Crippen LogP contribution in [0.2, 0.25) is 0 Å². The Balaban J connectivity index is 3.01. The van der Waals surface area contributed by atoms with Gasteiger partial charge in [-0.25, -0.2) is 0 Å². The van der Waals surface area contributed by atoms with Gasteiger partial charge in [0.15, 0.2) is 0 Å². The third-order valence-corrected chi connectivity index (χ3v) is 2.99. The molecule has 0 saturated heterocycles. The Hall–Kier alpha value is 0.260. The highest BCUT2D eigenvalue weighted by atomic mass is 32.2. The Labute approximate surface area is 85.3 Å². The Morgan fingerprint density at radius 1 is 0.833 bits per heavy atom. The lowest BCUT2D eigenvalue weighted by Crippen LogP contribution is -1.74. The van der Waals surface area contributed by atoms with Crippen LogP contribution in [-0.4, -0.2) is 11.5 Å². The van der Waals surface area contributed by atoms with E-state index in [-0.39, 0.29) is 0 Å². The first-order valence-corrected chi connectivity index (χ1v) is 6.62. The Morgan fingerprint density at radius 3 is 1.58 bits per heavy atom. The third-order valence-electron chi connectivity index (χ3n) is 1.39. The van der Waals surface area contributed by atoms with E-state index in [4.69, 9.17) is 0 Å². The van der Waals surface area contributed by atoms with E-state index in [2.05, 4.69) is 24.4 Å². The van der Waals surface area contributed by atoms with Crippen LogP contribution in [0.25, 0.3) is 0 Å². The van der Waals surface area contributed by atoms with Gasteiger partial charge in [0, 0.05) is 11.5 Å². The minimum absolute atomic E-state index is 1.19. The lowest BCUT2D eigenvalue weighted by atomic mass is 10.4. The minimum Gasteiger partial charge on any atom is -0.0742 e. The van der Waals surface area contributed by atoms with Gasteiger partial charge in [-0.05, 0) is 23.3 Å². The van der Waals surface area contributed by atoms with E-state index in [1.807, 2.05) is 0 Å². The predicted octanol–water partition coefficient (Wildman–Crippen LogP) is 3.97. The van der Waals surface area contributed by atoms with Gasteiger partial charge in [0.2, 0.25) is 0 Å². The maximum Gasteiger partial charge on any atom is 0.00568 e. The van der Waals surface area contributed by atoms with Crippen molar-refractivity contribution in [1.29, 1.82) is 0 Å². The molecule has 2 heteroatoms. The molecule has 70 valence electrons. The van der Waals surface area contributed by atoms with Crippen molar-refractivity contribution >= 4 is 23.5 Å². The molecular formula is C10H18S2. The quantitative estimate of drug-likeness (QED) is 0.472. The summed E-state index contributed by atoms with van der Waals surface area (Å²) in [5.74, 6) is 2.38. The average Bonchev–Trinajstić information content (AvgIpc) is 2.10. The van der Waals surface area contributed by atoms with Gasteiger partial charge in [0.05, 0.1) is 0 Å². The first-order chi connectivity index (χ1) is 5.91. The van der Waals surface area contributed by atoms with E-state index >= 15 is 0 Å². The molecule has 0 aromatic heterocycles. The van der Waals surface area contributed by atoms with Gasteiger partial charge in [-0.1, -0.05) is 50.2 Å². The highest BCUT2D eigenvalue weighted by Gasteiger charge is 1.82. The summed E-state index contributed by atoms with van der Waals surface area (Å²) in [6.45, 7) is 4.42. The summed E-state index contributed by atoms with van der Waals surface area (Å²) in [7, 11) is 0. The van der Waals surface area contributed by atoms with Crippen molar-refractivity contribution in [1.82, 2.24) is 0 Å². The monoisotopic (exact) mass is 202 g/mol. The SMILES string of the molecule is CCCCSC#CSCCCC. The average molecular weight is 202 g/mol. The first kappa shape index (κ1) is 12.3. The molecule has 0 spiro atoms. The topological polar surface area (TPSA) is 0 Å². The van der Waals surface area contributed by atoms with Crippen LogP contribution in [0.3, 0.4) is 0 Å². The second kappa shape index (κ2) is 11.3. The van der Waals surface area contributed by atoms with Gasteiger partial charge in [0.25, 0.3) is 0 Å². The van der Waals surface area contributed by atoms with E-state index < -0.39 is 0 Å². The molecule has 0 saturated carbocycles. The van der Waals surface area contributed by atoms with E-state index in [0.29, 0.717) is 0 Å². The summed E-state index contributed by atoms with van der Waals surface area (Å²) in [6, 6.07) is 0. The van der Waals surface area contributed by atoms with Crippen LogP contribution in [0.1, 0.15) is 39.5 Å². The normalized spacial score (nSPS) is 9.17. The zero-order valence-corrected chi connectivity index (χ0v) is 9.69. The van der Waals surface area contributed by atoms with Gasteiger partial charge in [0.1, 0.15) is 0 Å².